The van der Waals surface area contributed by atoms with Crippen LogP contribution in [0.15, 0.2) is 36.2 Å². The molecule has 0 N–H and O–H groups in total. The highest BCUT2D eigenvalue weighted by Crippen LogP contribution is 2.52. The van der Waals surface area contributed by atoms with Gasteiger partial charge in [-0.3, -0.25) is 14.7 Å². The van der Waals surface area contributed by atoms with E-state index in [1.54, 1.807) is 18.0 Å². The van der Waals surface area contributed by atoms with Crippen LogP contribution in [0.3, 0.4) is 0 Å². The van der Waals surface area contributed by atoms with Gasteiger partial charge in [0, 0.05) is 18.0 Å². The summed E-state index contributed by atoms with van der Waals surface area (Å²) in [7, 11) is -2.75. The van der Waals surface area contributed by atoms with Gasteiger partial charge in [0.2, 0.25) is 0 Å². The Balaban J connectivity index is 2.22. The lowest BCUT2D eigenvalue weighted by Gasteiger charge is -2.11. The smallest absolute Gasteiger partial charge is 0.273 e. The molecule has 0 saturated carbocycles. The van der Waals surface area contributed by atoms with E-state index < -0.39 is 12.3 Å². The molecule has 1 aliphatic heterocycles. The summed E-state index contributed by atoms with van der Waals surface area (Å²) in [6.07, 6.45) is 3.00. The van der Waals surface area contributed by atoms with Crippen molar-refractivity contribution in [3.63, 3.8) is 0 Å². The fourth-order valence-electron chi connectivity index (χ4n) is 1.47. The van der Waals surface area contributed by atoms with Crippen LogP contribution in [0.1, 0.15) is 6.42 Å². The van der Waals surface area contributed by atoms with Crippen molar-refractivity contribution < 1.29 is 14.0 Å². The molecular formula is C10H10NO4P. The van der Waals surface area contributed by atoms with Crippen LogP contribution in [-0.4, -0.2) is 11.1 Å². The van der Waals surface area contributed by atoms with E-state index >= 15 is 0 Å². The molecule has 0 aliphatic carbocycles. The van der Waals surface area contributed by atoms with Crippen LogP contribution in [0, 0.1) is 10.1 Å². The standard InChI is InChI=1S/C10H10NO4P/c12-11(13)9-4-3-5-10(8-9)15-16(14)6-1-2-7-16/h1,3-6,8H,2,7H2. The molecule has 0 spiro atoms. The number of nitro groups is 1. The molecule has 0 radical (unpaired) electrons. The van der Waals surface area contributed by atoms with Crippen molar-refractivity contribution in [1.29, 1.82) is 0 Å². The van der Waals surface area contributed by atoms with E-state index in [4.69, 9.17) is 4.52 Å². The zero-order valence-electron chi connectivity index (χ0n) is 8.41. The number of benzene rings is 1. The summed E-state index contributed by atoms with van der Waals surface area (Å²) in [6.45, 7) is 0. The summed E-state index contributed by atoms with van der Waals surface area (Å²) in [5.74, 6) is 1.84. The molecule has 84 valence electrons. The average Bonchev–Trinajstić information content (AvgIpc) is 2.65. The van der Waals surface area contributed by atoms with Crippen LogP contribution in [0.25, 0.3) is 0 Å². The van der Waals surface area contributed by atoms with Gasteiger partial charge in [-0.2, -0.15) is 0 Å². The molecule has 0 bridgehead atoms. The van der Waals surface area contributed by atoms with Crippen molar-refractivity contribution in [3.8, 4) is 5.75 Å². The van der Waals surface area contributed by atoms with Crippen molar-refractivity contribution in [2.45, 2.75) is 6.42 Å². The third kappa shape index (κ3) is 2.31. The first kappa shape index (κ1) is 10.9. The first-order valence-electron chi connectivity index (χ1n) is 4.80. The van der Waals surface area contributed by atoms with E-state index in [0.29, 0.717) is 6.16 Å². The van der Waals surface area contributed by atoms with E-state index in [2.05, 4.69) is 0 Å². The van der Waals surface area contributed by atoms with E-state index in [-0.39, 0.29) is 11.4 Å². The number of nitrogens with zero attached hydrogens (tertiary/aromatic N) is 1. The van der Waals surface area contributed by atoms with Crippen LogP contribution in [0.2, 0.25) is 0 Å². The largest absolute Gasteiger partial charge is 0.440 e. The molecular weight excluding hydrogens is 229 g/mol. The Hall–Kier alpha value is -1.61. The van der Waals surface area contributed by atoms with Crippen molar-refractivity contribution in [1.82, 2.24) is 0 Å². The molecule has 5 nitrogen and oxygen atoms in total. The van der Waals surface area contributed by atoms with Gasteiger partial charge in [0.1, 0.15) is 5.75 Å². The second kappa shape index (κ2) is 4.10. The molecule has 6 heteroatoms. The summed E-state index contributed by atoms with van der Waals surface area (Å²) in [5, 5.41) is 10.5. The Bertz CT molecular complexity index is 497. The van der Waals surface area contributed by atoms with Crippen LogP contribution >= 0.6 is 7.37 Å². The van der Waals surface area contributed by atoms with Gasteiger partial charge in [-0.05, 0) is 12.5 Å². The van der Waals surface area contributed by atoms with Gasteiger partial charge >= 0.3 is 0 Å². The number of non-ortho nitro benzene ring substituents is 1. The molecule has 0 saturated heterocycles. The lowest BCUT2D eigenvalue weighted by molar-refractivity contribution is -0.384. The molecule has 1 aromatic rings. The van der Waals surface area contributed by atoms with E-state index in [0.717, 1.165) is 6.42 Å². The first-order chi connectivity index (χ1) is 7.59. The lowest BCUT2D eigenvalue weighted by Crippen LogP contribution is -1.93. The lowest BCUT2D eigenvalue weighted by atomic mass is 10.3. The summed E-state index contributed by atoms with van der Waals surface area (Å²) in [6, 6.07) is 5.73. The normalized spacial score (nSPS) is 23.2. The first-order valence-corrected chi connectivity index (χ1v) is 6.67. The molecule has 0 amide bonds. The van der Waals surface area contributed by atoms with Gasteiger partial charge in [0.05, 0.1) is 11.0 Å². The SMILES string of the molecule is O=[N+]([O-])c1cccc(OP2(=O)C=CCC2)c1. The highest BCUT2D eigenvalue weighted by atomic mass is 31.2. The van der Waals surface area contributed by atoms with Crippen molar-refractivity contribution in [2.24, 2.45) is 0 Å². The van der Waals surface area contributed by atoms with Crippen molar-refractivity contribution >= 4 is 13.1 Å². The van der Waals surface area contributed by atoms with Gasteiger partial charge in [-0.1, -0.05) is 12.1 Å². The third-order valence-corrected chi connectivity index (χ3v) is 4.29. The Morgan fingerprint density at radius 3 is 2.88 bits per heavy atom. The molecule has 1 atom stereocenters. The second-order valence-corrected chi connectivity index (χ2v) is 5.85. The Morgan fingerprint density at radius 1 is 1.44 bits per heavy atom. The minimum absolute atomic E-state index is 0.0627. The molecule has 0 fully saturated rings. The number of hydrogen-bond acceptors (Lipinski definition) is 4. The average molecular weight is 239 g/mol. The summed E-state index contributed by atoms with van der Waals surface area (Å²) >= 11 is 0. The highest BCUT2D eigenvalue weighted by molar-refractivity contribution is 7.62. The van der Waals surface area contributed by atoms with Crippen LogP contribution in [0.4, 0.5) is 5.69 Å². The summed E-state index contributed by atoms with van der Waals surface area (Å²) in [5.41, 5.74) is -0.0627. The highest BCUT2D eigenvalue weighted by Gasteiger charge is 2.24. The van der Waals surface area contributed by atoms with E-state index in [9.17, 15) is 14.7 Å². The predicted octanol–water partition coefficient (Wildman–Crippen LogP) is 3.17. The number of nitro benzene ring substituents is 1. The fourth-order valence-corrected chi connectivity index (χ4v) is 3.22. The molecule has 2 rings (SSSR count). The zero-order chi connectivity index (χ0) is 11.6. The molecule has 1 heterocycles. The van der Waals surface area contributed by atoms with Crippen molar-refractivity contribution in [2.75, 3.05) is 6.16 Å². The quantitative estimate of drug-likeness (QED) is 0.461. The van der Waals surface area contributed by atoms with Gasteiger partial charge in [0.15, 0.2) is 0 Å². The topological polar surface area (TPSA) is 69.4 Å². The Labute approximate surface area is 92.3 Å². The van der Waals surface area contributed by atoms with Crippen molar-refractivity contribution in [3.05, 3.63) is 46.3 Å². The summed E-state index contributed by atoms with van der Waals surface area (Å²) in [4.78, 5) is 10.0. The van der Waals surface area contributed by atoms with E-state index in [1.165, 1.54) is 18.2 Å². The Morgan fingerprint density at radius 2 is 2.25 bits per heavy atom. The maximum absolute atomic E-state index is 12.0. The van der Waals surface area contributed by atoms with E-state index in [1.807, 2.05) is 0 Å². The minimum Gasteiger partial charge on any atom is -0.440 e. The Kier molecular flexibility index (Phi) is 2.79. The van der Waals surface area contributed by atoms with Gasteiger partial charge in [-0.15, -0.1) is 0 Å². The molecule has 16 heavy (non-hydrogen) atoms. The molecule has 1 unspecified atom stereocenters. The van der Waals surface area contributed by atoms with Gasteiger partial charge < -0.3 is 4.52 Å². The third-order valence-electron chi connectivity index (χ3n) is 2.23. The zero-order valence-corrected chi connectivity index (χ0v) is 9.30. The van der Waals surface area contributed by atoms with Gasteiger partial charge in [0.25, 0.3) is 13.1 Å². The summed E-state index contributed by atoms with van der Waals surface area (Å²) < 4.78 is 17.3. The van der Waals surface area contributed by atoms with Crippen LogP contribution < -0.4 is 4.52 Å². The number of allylic oxidation sites excluding steroid dienone is 1. The number of rotatable bonds is 3. The number of hydrogen-bond donors (Lipinski definition) is 0. The monoisotopic (exact) mass is 239 g/mol. The minimum atomic E-state index is -2.75. The predicted molar refractivity (Wildman–Crippen MR) is 60.0 cm³/mol. The molecule has 1 aromatic carbocycles. The van der Waals surface area contributed by atoms with Gasteiger partial charge in [-0.25, -0.2) is 0 Å². The van der Waals surface area contributed by atoms with Crippen LogP contribution in [-0.2, 0) is 4.57 Å². The maximum atomic E-state index is 12.0. The second-order valence-electron chi connectivity index (χ2n) is 3.47. The molecule has 1 aliphatic rings. The maximum Gasteiger partial charge on any atom is 0.273 e. The molecule has 0 aromatic heterocycles. The fraction of sp³-hybridized carbons (Fsp3) is 0.200. The van der Waals surface area contributed by atoms with Crippen LogP contribution in [0.5, 0.6) is 5.75 Å².